The van der Waals surface area contributed by atoms with Gasteiger partial charge in [-0.2, -0.15) is 0 Å². The van der Waals surface area contributed by atoms with Crippen LogP contribution in [-0.4, -0.2) is 25.3 Å². The predicted molar refractivity (Wildman–Crippen MR) is 71.9 cm³/mol. The molecule has 0 aromatic rings. The SMILES string of the molecule is CCCNC(CCCC(C)C)COC(C)C. The Bertz CT molecular complexity index is 146. The Morgan fingerprint density at radius 3 is 2.25 bits per heavy atom. The molecule has 0 aromatic carbocycles. The Morgan fingerprint density at radius 2 is 1.75 bits per heavy atom. The summed E-state index contributed by atoms with van der Waals surface area (Å²) in [5.74, 6) is 0.817. The Morgan fingerprint density at radius 1 is 1.06 bits per heavy atom. The summed E-state index contributed by atoms with van der Waals surface area (Å²) in [6.45, 7) is 13.0. The van der Waals surface area contributed by atoms with Gasteiger partial charge in [-0.3, -0.25) is 0 Å². The zero-order valence-corrected chi connectivity index (χ0v) is 11.9. The molecule has 0 spiro atoms. The number of nitrogens with one attached hydrogen (secondary N) is 1. The Hall–Kier alpha value is -0.0800. The third-order valence-electron chi connectivity index (χ3n) is 2.65. The topological polar surface area (TPSA) is 21.3 Å². The summed E-state index contributed by atoms with van der Waals surface area (Å²) in [4.78, 5) is 0. The maximum atomic E-state index is 5.70. The van der Waals surface area contributed by atoms with Crippen molar-refractivity contribution in [3.8, 4) is 0 Å². The van der Waals surface area contributed by atoms with Crippen LogP contribution >= 0.6 is 0 Å². The standard InChI is InChI=1S/C14H31NO/c1-6-10-15-14(11-16-13(4)5)9-7-8-12(2)3/h12-15H,6-11H2,1-5H3. The van der Waals surface area contributed by atoms with Crippen molar-refractivity contribution in [1.29, 1.82) is 0 Å². The molecule has 0 saturated heterocycles. The number of hydrogen-bond acceptors (Lipinski definition) is 2. The normalized spacial score (nSPS) is 13.7. The lowest BCUT2D eigenvalue weighted by atomic mass is 10.0. The number of ether oxygens (including phenoxy) is 1. The van der Waals surface area contributed by atoms with E-state index in [0.717, 1.165) is 19.1 Å². The lowest BCUT2D eigenvalue weighted by molar-refractivity contribution is 0.0589. The van der Waals surface area contributed by atoms with Crippen LogP contribution in [0.5, 0.6) is 0 Å². The molecule has 1 unspecified atom stereocenters. The van der Waals surface area contributed by atoms with Gasteiger partial charge in [0.25, 0.3) is 0 Å². The van der Waals surface area contributed by atoms with Crippen LogP contribution < -0.4 is 5.32 Å². The summed E-state index contributed by atoms with van der Waals surface area (Å²) in [5, 5.41) is 3.57. The first-order valence-electron chi connectivity index (χ1n) is 6.91. The van der Waals surface area contributed by atoms with Crippen molar-refractivity contribution in [2.75, 3.05) is 13.2 Å². The van der Waals surface area contributed by atoms with Gasteiger partial charge in [0.2, 0.25) is 0 Å². The molecule has 0 aromatic heterocycles. The zero-order valence-electron chi connectivity index (χ0n) is 11.9. The molecular weight excluding hydrogens is 198 g/mol. The molecule has 0 heterocycles. The molecule has 2 nitrogen and oxygen atoms in total. The molecular formula is C14H31NO. The van der Waals surface area contributed by atoms with E-state index in [4.69, 9.17) is 4.74 Å². The van der Waals surface area contributed by atoms with E-state index in [1.165, 1.54) is 25.7 Å². The lowest BCUT2D eigenvalue weighted by Gasteiger charge is -2.20. The van der Waals surface area contributed by atoms with E-state index in [2.05, 4.69) is 39.9 Å². The maximum absolute atomic E-state index is 5.70. The second-order valence-electron chi connectivity index (χ2n) is 5.36. The first-order valence-corrected chi connectivity index (χ1v) is 6.91. The average Bonchev–Trinajstić information content (AvgIpc) is 2.20. The molecule has 0 saturated carbocycles. The fraction of sp³-hybridized carbons (Fsp3) is 1.00. The molecule has 16 heavy (non-hydrogen) atoms. The van der Waals surface area contributed by atoms with E-state index >= 15 is 0 Å². The number of rotatable bonds is 10. The van der Waals surface area contributed by atoms with Crippen molar-refractivity contribution in [2.24, 2.45) is 5.92 Å². The highest BCUT2D eigenvalue weighted by Crippen LogP contribution is 2.09. The lowest BCUT2D eigenvalue weighted by Crippen LogP contribution is -2.35. The van der Waals surface area contributed by atoms with Crippen LogP contribution in [0.25, 0.3) is 0 Å². The van der Waals surface area contributed by atoms with Crippen LogP contribution in [-0.2, 0) is 4.74 Å². The predicted octanol–water partition coefficient (Wildman–Crippen LogP) is 3.61. The van der Waals surface area contributed by atoms with Gasteiger partial charge in [0.1, 0.15) is 0 Å². The van der Waals surface area contributed by atoms with Crippen LogP contribution in [0.3, 0.4) is 0 Å². The van der Waals surface area contributed by atoms with Gasteiger partial charge in [-0.25, -0.2) is 0 Å². The molecule has 0 fully saturated rings. The minimum Gasteiger partial charge on any atom is -0.377 e. The molecule has 0 bridgehead atoms. The minimum atomic E-state index is 0.344. The molecule has 1 atom stereocenters. The summed E-state index contributed by atoms with van der Waals surface area (Å²) in [7, 11) is 0. The molecule has 0 aliphatic heterocycles. The number of hydrogen-bond donors (Lipinski definition) is 1. The summed E-state index contributed by atoms with van der Waals surface area (Å²) in [5.41, 5.74) is 0. The van der Waals surface area contributed by atoms with E-state index in [-0.39, 0.29) is 0 Å². The smallest absolute Gasteiger partial charge is 0.0623 e. The fourth-order valence-electron chi connectivity index (χ4n) is 1.67. The second-order valence-corrected chi connectivity index (χ2v) is 5.36. The van der Waals surface area contributed by atoms with Crippen molar-refractivity contribution in [2.45, 2.75) is 72.4 Å². The highest BCUT2D eigenvalue weighted by Gasteiger charge is 2.09. The Labute approximate surface area is 102 Å². The first kappa shape index (κ1) is 15.9. The van der Waals surface area contributed by atoms with E-state index in [1.807, 2.05) is 0 Å². The van der Waals surface area contributed by atoms with Crippen molar-refractivity contribution in [3.63, 3.8) is 0 Å². The van der Waals surface area contributed by atoms with E-state index in [1.54, 1.807) is 0 Å². The Balaban J connectivity index is 3.71. The Kier molecular flexibility index (Phi) is 10.0. The van der Waals surface area contributed by atoms with Gasteiger partial charge in [0.15, 0.2) is 0 Å². The third kappa shape index (κ3) is 10.4. The minimum absolute atomic E-state index is 0.344. The summed E-state index contributed by atoms with van der Waals surface area (Å²) in [6, 6.07) is 0.543. The van der Waals surface area contributed by atoms with Gasteiger partial charge in [0.05, 0.1) is 12.7 Å². The quantitative estimate of drug-likeness (QED) is 0.618. The third-order valence-corrected chi connectivity index (χ3v) is 2.65. The largest absolute Gasteiger partial charge is 0.377 e. The van der Waals surface area contributed by atoms with Crippen molar-refractivity contribution >= 4 is 0 Å². The van der Waals surface area contributed by atoms with Gasteiger partial charge >= 0.3 is 0 Å². The molecule has 0 radical (unpaired) electrons. The van der Waals surface area contributed by atoms with Crippen LogP contribution in [0.15, 0.2) is 0 Å². The van der Waals surface area contributed by atoms with Crippen LogP contribution in [0, 0.1) is 5.92 Å². The molecule has 0 rings (SSSR count). The van der Waals surface area contributed by atoms with Gasteiger partial charge in [0, 0.05) is 6.04 Å². The second kappa shape index (κ2) is 10.1. The van der Waals surface area contributed by atoms with Crippen LogP contribution in [0.2, 0.25) is 0 Å². The molecule has 98 valence electrons. The van der Waals surface area contributed by atoms with E-state index in [9.17, 15) is 0 Å². The monoisotopic (exact) mass is 229 g/mol. The average molecular weight is 229 g/mol. The van der Waals surface area contributed by atoms with Crippen LogP contribution in [0.1, 0.15) is 60.3 Å². The van der Waals surface area contributed by atoms with Crippen molar-refractivity contribution in [1.82, 2.24) is 5.32 Å². The molecule has 0 aliphatic rings. The molecule has 0 amide bonds. The van der Waals surface area contributed by atoms with E-state index < -0.39 is 0 Å². The first-order chi connectivity index (χ1) is 7.56. The van der Waals surface area contributed by atoms with Crippen molar-refractivity contribution in [3.05, 3.63) is 0 Å². The highest BCUT2D eigenvalue weighted by molar-refractivity contribution is 4.67. The molecule has 1 N–H and O–H groups in total. The summed E-state index contributed by atoms with van der Waals surface area (Å²) < 4.78 is 5.70. The van der Waals surface area contributed by atoms with Crippen molar-refractivity contribution < 1.29 is 4.74 Å². The van der Waals surface area contributed by atoms with Gasteiger partial charge in [-0.05, 0) is 39.2 Å². The molecule has 0 aliphatic carbocycles. The maximum Gasteiger partial charge on any atom is 0.0623 e. The highest BCUT2D eigenvalue weighted by atomic mass is 16.5. The van der Waals surface area contributed by atoms with Gasteiger partial charge in [-0.15, -0.1) is 0 Å². The van der Waals surface area contributed by atoms with E-state index in [0.29, 0.717) is 12.1 Å². The van der Waals surface area contributed by atoms with Gasteiger partial charge in [-0.1, -0.05) is 33.6 Å². The molecule has 2 heteroatoms. The summed E-state index contributed by atoms with van der Waals surface area (Å²) >= 11 is 0. The fourth-order valence-corrected chi connectivity index (χ4v) is 1.67. The zero-order chi connectivity index (χ0) is 12.4. The van der Waals surface area contributed by atoms with Gasteiger partial charge < -0.3 is 10.1 Å². The summed E-state index contributed by atoms with van der Waals surface area (Å²) in [6.07, 6.45) is 5.41. The van der Waals surface area contributed by atoms with Crippen LogP contribution in [0.4, 0.5) is 0 Å².